The van der Waals surface area contributed by atoms with Gasteiger partial charge in [0.1, 0.15) is 12.4 Å². The van der Waals surface area contributed by atoms with Crippen LogP contribution in [0.1, 0.15) is 17.2 Å². The van der Waals surface area contributed by atoms with Crippen LogP contribution in [-0.2, 0) is 11.2 Å². The van der Waals surface area contributed by atoms with Gasteiger partial charge in [0.25, 0.3) is 0 Å². The zero-order valence-corrected chi connectivity index (χ0v) is 13.5. The molecule has 6 nitrogen and oxygen atoms in total. The highest BCUT2D eigenvalue weighted by Gasteiger charge is 2.21. The van der Waals surface area contributed by atoms with Gasteiger partial charge in [-0.2, -0.15) is 0 Å². The molecule has 6 heteroatoms. The van der Waals surface area contributed by atoms with Crippen LogP contribution < -0.4 is 5.32 Å². The van der Waals surface area contributed by atoms with Crippen LogP contribution in [0.5, 0.6) is 0 Å². The second kappa shape index (κ2) is 8.41. The van der Waals surface area contributed by atoms with Gasteiger partial charge in [0.05, 0.1) is 6.54 Å². The maximum Gasteiger partial charge on any atom is 0.246 e. The fourth-order valence-electron chi connectivity index (χ4n) is 2.37. The molecule has 0 saturated heterocycles. The van der Waals surface area contributed by atoms with Crippen molar-refractivity contribution in [2.75, 3.05) is 6.54 Å². The number of nitrogens with zero attached hydrogens (tertiary/aromatic N) is 4. The number of rotatable bonds is 5. The lowest BCUT2D eigenvalue weighted by Gasteiger charge is -2.15. The van der Waals surface area contributed by atoms with Gasteiger partial charge in [0, 0.05) is 12.0 Å². The summed E-state index contributed by atoms with van der Waals surface area (Å²) < 4.78 is 1.47. The summed E-state index contributed by atoms with van der Waals surface area (Å²) in [6, 6.07) is 18.9. The van der Waals surface area contributed by atoms with Crippen molar-refractivity contribution >= 4 is 5.91 Å². The molecular formula is C19H17N5O. The second-order valence-corrected chi connectivity index (χ2v) is 5.38. The topological polar surface area (TPSA) is 72.7 Å². The summed E-state index contributed by atoms with van der Waals surface area (Å²) in [6.45, 7) is 0.265. The minimum atomic E-state index is -0.518. The second-order valence-electron chi connectivity index (χ2n) is 5.38. The zero-order chi connectivity index (χ0) is 17.3. The lowest BCUT2D eigenvalue weighted by atomic mass is 10.1. The smallest absolute Gasteiger partial charge is 0.246 e. The maximum absolute atomic E-state index is 12.6. The summed E-state index contributed by atoms with van der Waals surface area (Å²) in [5, 5.41) is 14.0. The van der Waals surface area contributed by atoms with Gasteiger partial charge in [0.2, 0.25) is 5.91 Å². The lowest BCUT2D eigenvalue weighted by Crippen LogP contribution is -2.34. The van der Waals surface area contributed by atoms with Gasteiger partial charge in [-0.05, 0) is 28.1 Å². The van der Waals surface area contributed by atoms with Crippen LogP contribution >= 0.6 is 0 Å². The molecule has 3 aromatic rings. The van der Waals surface area contributed by atoms with Crippen molar-refractivity contribution in [3.05, 3.63) is 78.1 Å². The maximum atomic E-state index is 12.6. The average Bonchev–Trinajstić information content (AvgIpc) is 3.19. The summed E-state index contributed by atoms with van der Waals surface area (Å²) in [7, 11) is 0. The first kappa shape index (κ1) is 16.4. The lowest BCUT2D eigenvalue weighted by molar-refractivity contribution is -0.124. The SMILES string of the molecule is O=C(NCC#Cc1ccccc1)C(Cc1ccccc1)n1cnnn1. The quantitative estimate of drug-likeness (QED) is 0.721. The first-order valence-corrected chi connectivity index (χ1v) is 7.91. The largest absolute Gasteiger partial charge is 0.343 e. The van der Waals surface area contributed by atoms with E-state index < -0.39 is 6.04 Å². The molecule has 0 saturated carbocycles. The Bertz CT molecular complexity index is 851. The Morgan fingerprint density at radius 3 is 2.48 bits per heavy atom. The van der Waals surface area contributed by atoms with Crippen molar-refractivity contribution in [3.8, 4) is 11.8 Å². The molecule has 0 aliphatic rings. The third-order valence-electron chi connectivity index (χ3n) is 3.62. The van der Waals surface area contributed by atoms with Crippen molar-refractivity contribution in [2.45, 2.75) is 12.5 Å². The number of tetrazole rings is 1. The molecule has 0 radical (unpaired) electrons. The van der Waals surface area contributed by atoms with Crippen LogP contribution in [0, 0.1) is 11.8 Å². The van der Waals surface area contributed by atoms with E-state index in [0.717, 1.165) is 11.1 Å². The number of aromatic nitrogens is 4. The third-order valence-corrected chi connectivity index (χ3v) is 3.62. The highest BCUT2D eigenvalue weighted by Crippen LogP contribution is 2.13. The molecule has 124 valence electrons. The summed E-state index contributed by atoms with van der Waals surface area (Å²) in [5.41, 5.74) is 1.95. The molecule has 1 atom stereocenters. The number of benzene rings is 2. The number of nitrogens with one attached hydrogen (secondary N) is 1. The van der Waals surface area contributed by atoms with Gasteiger partial charge >= 0.3 is 0 Å². The summed E-state index contributed by atoms with van der Waals surface area (Å²) in [4.78, 5) is 12.6. The van der Waals surface area contributed by atoms with Gasteiger partial charge in [-0.1, -0.05) is 60.4 Å². The van der Waals surface area contributed by atoms with Gasteiger partial charge in [-0.3, -0.25) is 4.79 Å². The molecule has 25 heavy (non-hydrogen) atoms. The van der Waals surface area contributed by atoms with Crippen LogP contribution in [0.3, 0.4) is 0 Å². The Labute approximate surface area is 145 Å². The molecule has 3 rings (SSSR count). The standard InChI is InChI=1S/C19H17N5O/c25-19(20-13-7-12-16-8-3-1-4-9-16)18(24-15-21-22-23-24)14-17-10-5-2-6-11-17/h1-6,8-11,15,18H,13-14H2,(H,20,25). The van der Waals surface area contributed by atoms with Crippen LogP contribution in [0.15, 0.2) is 67.0 Å². The van der Waals surface area contributed by atoms with E-state index in [4.69, 9.17) is 0 Å². The normalized spacial score (nSPS) is 11.2. The fourth-order valence-corrected chi connectivity index (χ4v) is 2.37. The van der Waals surface area contributed by atoms with Crippen molar-refractivity contribution in [3.63, 3.8) is 0 Å². The molecule has 1 heterocycles. The molecule has 1 unspecified atom stereocenters. The number of amides is 1. The van der Waals surface area contributed by atoms with Crippen LogP contribution in [0.4, 0.5) is 0 Å². The summed E-state index contributed by atoms with van der Waals surface area (Å²) in [5.74, 6) is 5.80. The van der Waals surface area contributed by atoms with E-state index in [0.29, 0.717) is 6.42 Å². The van der Waals surface area contributed by atoms with E-state index in [1.165, 1.54) is 11.0 Å². The zero-order valence-electron chi connectivity index (χ0n) is 13.5. The minimum Gasteiger partial charge on any atom is -0.343 e. The van der Waals surface area contributed by atoms with Crippen molar-refractivity contribution in [1.82, 2.24) is 25.5 Å². The number of hydrogen-bond acceptors (Lipinski definition) is 4. The van der Waals surface area contributed by atoms with Gasteiger partial charge < -0.3 is 5.32 Å². The molecule has 0 bridgehead atoms. The Morgan fingerprint density at radius 1 is 1.08 bits per heavy atom. The highest BCUT2D eigenvalue weighted by atomic mass is 16.2. The summed E-state index contributed by atoms with van der Waals surface area (Å²) >= 11 is 0. The van der Waals surface area contributed by atoms with Crippen molar-refractivity contribution in [1.29, 1.82) is 0 Å². The molecule has 0 fully saturated rings. The molecule has 1 N–H and O–H groups in total. The monoisotopic (exact) mass is 331 g/mol. The Balaban J connectivity index is 1.64. The first-order chi connectivity index (χ1) is 12.3. The highest BCUT2D eigenvalue weighted by molar-refractivity contribution is 5.80. The van der Waals surface area contributed by atoms with Gasteiger partial charge in [-0.25, -0.2) is 4.68 Å². The molecule has 2 aromatic carbocycles. The van der Waals surface area contributed by atoms with E-state index in [1.54, 1.807) is 0 Å². The average molecular weight is 331 g/mol. The minimum absolute atomic E-state index is 0.168. The predicted molar refractivity (Wildman–Crippen MR) is 93.3 cm³/mol. The van der Waals surface area contributed by atoms with Crippen LogP contribution in [0.2, 0.25) is 0 Å². The number of hydrogen-bond donors (Lipinski definition) is 1. The van der Waals surface area contributed by atoms with Crippen LogP contribution in [-0.4, -0.2) is 32.7 Å². The molecule has 0 aliphatic heterocycles. The Kier molecular flexibility index (Phi) is 5.52. The Morgan fingerprint density at radius 2 is 1.80 bits per heavy atom. The molecular weight excluding hydrogens is 314 g/mol. The molecule has 0 aliphatic carbocycles. The van der Waals surface area contributed by atoms with Crippen molar-refractivity contribution < 1.29 is 4.79 Å². The first-order valence-electron chi connectivity index (χ1n) is 7.91. The van der Waals surface area contributed by atoms with E-state index in [-0.39, 0.29) is 12.5 Å². The molecule has 0 spiro atoms. The fraction of sp³-hybridized carbons (Fsp3) is 0.158. The van der Waals surface area contributed by atoms with E-state index in [2.05, 4.69) is 32.7 Å². The predicted octanol–water partition coefficient (Wildman–Crippen LogP) is 1.62. The summed E-state index contributed by atoms with van der Waals surface area (Å²) in [6.07, 6.45) is 1.95. The van der Waals surface area contributed by atoms with Crippen LogP contribution in [0.25, 0.3) is 0 Å². The van der Waals surface area contributed by atoms with Gasteiger partial charge in [-0.15, -0.1) is 5.10 Å². The molecule has 1 aromatic heterocycles. The Hall–Kier alpha value is -3.46. The van der Waals surface area contributed by atoms with Crippen molar-refractivity contribution in [2.24, 2.45) is 0 Å². The van der Waals surface area contributed by atoms with E-state index in [9.17, 15) is 4.79 Å². The van der Waals surface area contributed by atoms with E-state index >= 15 is 0 Å². The number of carbonyl (C=O) groups is 1. The molecule has 1 amide bonds. The third kappa shape index (κ3) is 4.75. The van der Waals surface area contributed by atoms with Gasteiger partial charge in [0.15, 0.2) is 0 Å². The van der Waals surface area contributed by atoms with E-state index in [1.807, 2.05) is 60.7 Å². The number of carbonyl (C=O) groups excluding carboxylic acids is 1.